The molecule has 0 unspecified atom stereocenters. The zero-order valence-corrected chi connectivity index (χ0v) is 12.6. The van der Waals surface area contributed by atoms with E-state index in [1.54, 1.807) is 6.07 Å². The lowest BCUT2D eigenvalue weighted by atomic mass is 10.0. The molecule has 3 rings (SSSR count). The first-order valence-corrected chi connectivity index (χ1v) is 7.18. The highest BCUT2D eigenvalue weighted by Crippen LogP contribution is 2.28. The number of amides is 1. The van der Waals surface area contributed by atoms with Crippen LogP contribution in [0.25, 0.3) is 0 Å². The number of aryl methyl sites for hydroxylation is 1. The van der Waals surface area contributed by atoms with Gasteiger partial charge in [0.1, 0.15) is 0 Å². The summed E-state index contributed by atoms with van der Waals surface area (Å²) in [6, 6.07) is 2.28. The van der Waals surface area contributed by atoms with Gasteiger partial charge in [-0.3, -0.25) is 4.79 Å². The molecule has 1 saturated heterocycles. The van der Waals surface area contributed by atoms with Gasteiger partial charge in [-0.25, -0.2) is 0 Å². The predicted molar refractivity (Wildman–Crippen MR) is 78.1 cm³/mol. The van der Waals surface area contributed by atoms with Gasteiger partial charge in [-0.2, -0.15) is 0 Å². The van der Waals surface area contributed by atoms with E-state index in [-0.39, 0.29) is 18.3 Å². The van der Waals surface area contributed by atoms with Crippen LogP contribution in [0, 0.1) is 12.8 Å². The van der Waals surface area contributed by atoms with Crippen LogP contribution < -0.4 is 5.32 Å². The lowest BCUT2D eigenvalue weighted by molar-refractivity contribution is 0.0663. The van der Waals surface area contributed by atoms with E-state index in [1.165, 1.54) is 12.8 Å². The molecule has 0 atom stereocenters. The van der Waals surface area contributed by atoms with Crippen molar-refractivity contribution in [2.45, 2.75) is 38.6 Å². The van der Waals surface area contributed by atoms with Crippen LogP contribution in [0.4, 0.5) is 0 Å². The van der Waals surface area contributed by atoms with Crippen LogP contribution in [0.3, 0.4) is 0 Å². The van der Waals surface area contributed by atoms with E-state index in [4.69, 9.17) is 4.52 Å². The Hall–Kier alpha value is -1.07. The second kappa shape index (κ2) is 6.59. The summed E-state index contributed by atoms with van der Waals surface area (Å²) >= 11 is 0. The molecule has 1 aromatic rings. The molecule has 1 saturated carbocycles. The molecule has 0 spiro atoms. The molecule has 2 heterocycles. The summed E-state index contributed by atoms with van der Waals surface area (Å²) in [4.78, 5) is 14.0. The number of carbonyl (C=O) groups excluding carboxylic acids is 1. The highest BCUT2D eigenvalue weighted by Gasteiger charge is 2.27. The van der Waals surface area contributed by atoms with Crippen LogP contribution in [0.15, 0.2) is 10.6 Å². The van der Waals surface area contributed by atoms with E-state index in [9.17, 15) is 4.79 Å². The quantitative estimate of drug-likeness (QED) is 0.924. The molecule has 2 fully saturated rings. The predicted octanol–water partition coefficient (Wildman–Crippen LogP) is 2.01. The third-order valence-corrected chi connectivity index (χ3v) is 4.01. The van der Waals surface area contributed by atoms with E-state index in [2.05, 4.69) is 10.5 Å². The maximum absolute atomic E-state index is 12.2. The zero-order chi connectivity index (χ0) is 13.2. The molecule has 1 amide bonds. The van der Waals surface area contributed by atoms with Gasteiger partial charge in [-0.05, 0) is 45.1 Å². The Morgan fingerprint density at radius 1 is 1.40 bits per heavy atom. The Morgan fingerprint density at radius 2 is 2.10 bits per heavy atom. The smallest absolute Gasteiger partial charge is 0.292 e. The van der Waals surface area contributed by atoms with Gasteiger partial charge in [-0.1, -0.05) is 5.16 Å². The van der Waals surface area contributed by atoms with Crippen LogP contribution in [-0.2, 0) is 0 Å². The number of halogens is 1. The van der Waals surface area contributed by atoms with E-state index >= 15 is 0 Å². The minimum Gasteiger partial charge on any atom is -0.351 e. The Kier molecular flexibility index (Phi) is 5.05. The second-order valence-corrected chi connectivity index (χ2v) is 5.75. The van der Waals surface area contributed by atoms with Crippen molar-refractivity contribution in [2.75, 3.05) is 19.6 Å². The SMILES string of the molecule is Cc1cc(C(=O)N2CCC(NCC3CC3)CC2)on1.Cl. The van der Waals surface area contributed by atoms with Crippen molar-refractivity contribution in [3.8, 4) is 0 Å². The fourth-order valence-corrected chi connectivity index (χ4v) is 2.56. The number of carbonyl (C=O) groups is 1. The summed E-state index contributed by atoms with van der Waals surface area (Å²) in [5.74, 6) is 1.25. The van der Waals surface area contributed by atoms with Crippen molar-refractivity contribution in [1.82, 2.24) is 15.4 Å². The van der Waals surface area contributed by atoms with Gasteiger partial charge in [-0.15, -0.1) is 12.4 Å². The maximum Gasteiger partial charge on any atom is 0.292 e. The van der Waals surface area contributed by atoms with Gasteiger partial charge in [0.05, 0.1) is 5.69 Å². The van der Waals surface area contributed by atoms with Crippen LogP contribution in [0.2, 0.25) is 0 Å². The Morgan fingerprint density at radius 3 is 2.65 bits per heavy atom. The highest BCUT2D eigenvalue weighted by molar-refractivity contribution is 5.91. The van der Waals surface area contributed by atoms with E-state index in [0.717, 1.165) is 44.1 Å². The first kappa shape index (κ1) is 15.3. The first-order chi connectivity index (χ1) is 9.22. The van der Waals surface area contributed by atoms with Crippen molar-refractivity contribution in [3.63, 3.8) is 0 Å². The number of aromatic nitrogens is 1. The number of hydrogen-bond acceptors (Lipinski definition) is 4. The van der Waals surface area contributed by atoms with Gasteiger partial charge < -0.3 is 14.7 Å². The molecule has 20 heavy (non-hydrogen) atoms. The fourth-order valence-electron chi connectivity index (χ4n) is 2.56. The van der Waals surface area contributed by atoms with E-state index < -0.39 is 0 Å². The number of rotatable bonds is 4. The third kappa shape index (κ3) is 3.73. The maximum atomic E-state index is 12.2. The molecular weight excluding hydrogens is 278 g/mol. The summed E-state index contributed by atoms with van der Waals surface area (Å²) in [6.07, 6.45) is 4.83. The van der Waals surface area contributed by atoms with Gasteiger partial charge >= 0.3 is 0 Å². The number of piperidine rings is 1. The molecule has 1 aromatic heterocycles. The summed E-state index contributed by atoms with van der Waals surface area (Å²) in [7, 11) is 0. The lowest BCUT2D eigenvalue weighted by Gasteiger charge is -2.31. The lowest BCUT2D eigenvalue weighted by Crippen LogP contribution is -2.45. The Balaban J connectivity index is 0.00000147. The van der Waals surface area contributed by atoms with Crippen molar-refractivity contribution < 1.29 is 9.32 Å². The summed E-state index contributed by atoms with van der Waals surface area (Å²) in [5, 5.41) is 7.38. The number of nitrogens with one attached hydrogen (secondary N) is 1. The van der Waals surface area contributed by atoms with Crippen LogP contribution in [0.1, 0.15) is 41.9 Å². The van der Waals surface area contributed by atoms with Gasteiger partial charge in [0, 0.05) is 25.2 Å². The third-order valence-electron chi connectivity index (χ3n) is 4.01. The molecule has 5 nitrogen and oxygen atoms in total. The highest BCUT2D eigenvalue weighted by atomic mass is 35.5. The topological polar surface area (TPSA) is 58.4 Å². The van der Waals surface area contributed by atoms with Gasteiger partial charge in [0.25, 0.3) is 5.91 Å². The molecule has 1 aliphatic carbocycles. The number of hydrogen-bond donors (Lipinski definition) is 1. The largest absolute Gasteiger partial charge is 0.351 e. The number of nitrogens with zero attached hydrogens (tertiary/aromatic N) is 2. The van der Waals surface area contributed by atoms with Crippen molar-refractivity contribution in [3.05, 3.63) is 17.5 Å². The standard InChI is InChI=1S/C14H21N3O2.ClH/c1-10-8-13(19-16-10)14(18)17-6-4-12(5-7-17)15-9-11-2-3-11;/h8,11-12,15H,2-7,9H2,1H3;1H. The van der Waals surface area contributed by atoms with Crippen LogP contribution in [0.5, 0.6) is 0 Å². The summed E-state index contributed by atoms with van der Waals surface area (Å²) in [6.45, 7) is 4.59. The average molecular weight is 300 g/mol. The first-order valence-electron chi connectivity index (χ1n) is 7.18. The van der Waals surface area contributed by atoms with Crippen LogP contribution >= 0.6 is 12.4 Å². The monoisotopic (exact) mass is 299 g/mol. The van der Waals surface area contributed by atoms with E-state index in [0.29, 0.717) is 11.8 Å². The molecule has 0 bridgehead atoms. The van der Waals surface area contributed by atoms with Crippen molar-refractivity contribution in [1.29, 1.82) is 0 Å². The normalized spacial score (nSPS) is 19.8. The molecule has 0 aromatic carbocycles. The van der Waals surface area contributed by atoms with E-state index in [1.807, 2.05) is 11.8 Å². The van der Waals surface area contributed by atoms with Crippen molar-refractivity contribution in [2.24, 2.45) is 5.92 Å². The zero-order valence-electron chi connectivity index (χ0n) is 11.8. The molecular formula is C14H22ClN3O2. The average Bonchev–Trinajstić information content (AvgIpc) is 3.17. The van der Waals surface area contributed by atoms with Gasteiger partial charge in [0.15, 0.2) is 0 Å². The second-order valence-electron chi connectivity index (χ2n) is 5.75. The Bertz CT molecular complexity index is 451. The molecule has 0 radical (unpaired) electrons. The fraction of sp³-hybridized carbons (Fsp3) is 0.714. The molecule has 1 aliphatic heterocycles. The molecule has 6 heteroatoms. The molecule has 1 N–H and O–H groups in total. The Labute approximate surface area is 125 Å². The molecule has 2 aliphatic rings. The summed E-state index contributed by atoms with van der Waals surface area (Å²) < 4.78 is 5.04. The minimum atomic E-state index is -0.0266. The number of likely N-dealkylation sites (tertiary alicyclic amines) is 1. The minimum absolute atomic E-state index is 0. The summed E-state index contributed by atoms with van der Waals surface area (Å²) in [5.41, 5.74) is 0.754. The van der Waals surface area contributed by atoms with Crippen LogP contribution in [-0.4, -0.2) is 41.6 Å². The van der Waals surface area contributed by atoms with Crippen molar-refractivity contribution >= 4 is 18.3 Å². The molecule has 112 valence electrons. The van der Waals surface area contributed by atoms with Gasteiger partial charge in [0.2, 0.25) is 5.76 Å².